The molecule has 3 amide bonds. The number of hydrogen-bond donors (Lipinski definition) is 0. The molecule has 1 aliphatic rings. The van der Waals surface area contributed by atoms with Crippen molar-refractivity contribution in [3.05, 3.63) is 30.1 Å². The molecule has 1 aromatic rings. The summed E-state index contributed by atoms with van der Waals surface area (Å²) >= 11 is 13.5. The number of carbonyl (C=O) groups is 2. The van der Waals surface area contributed by atoms with Crippen LogP contribution in [0.3, 0.4) is 0 Å². The third kappa shape index (κ3) is 5.31. The van der Waals surface area contributed by atoms with Gasteiger partial charge in [0.2, 0.25) is 5.84 Å². The van der Waals surface area contributed by atoms with Crippen molar-refractivity contribution in [2.24, 2.45) is 4.99 Å². The van der Waals surface area contributed by atoms with Crippen LogP contribution in [0.5, 0.6) is 0 Å². The monoisotopic (exact) mass is 580 g/mol. The highest BCUT2D eigenvalue weighted by molar-refractivity contribution is 9.25. The summed E-state index contributed by atoms with van der Waals surface area (Å²) in [6, 6.07) is 5.10. The van der Waals surface area contributed by atoms with Crippen LogP contribution in [0.1, 0.15) is 41.5 Å². The smallest absolute Gasteiger partial charge is 0.270 e. The lowest BCUT2D eigenvalue weighted by Crippen LogP contribution is -2.62. The lowest BCUT2D eigenvalue weighted by Gasteiger charge is -2.51. The van der Waals surface area contributed by atoms with Gasteiger partial charge in [0.25, 0.3) is 5.91 Å². The predicted octanol–water partition coefficient (Wildman–Crippen LogP) is 5.57. The summed E-state index contributed by atoms with van der Waals surface area (Å²) in [5.41, 5.74) is -0.834. The van der Waals surface area contributed by atoms with E-state index in [1.54, 1.807) is 6.07 Å². The number of hydrogen-bond acceptors (Lipinski definition) is 4. The number of rotatable bonds is 5. The second-order valence-electron chi connectivity index (χ2n) is 9.37. The number of anilines is 1. The van der Waals surface area contributed by atoms with Crippen molar-refractivity contribution in [1.82, 2.24) is 9.80 Å². The molecule has 0 aliphatic carbocycles. The molecule has 172 valence electrons. The first kappa shape index (κ1) is 26.2. The number of imide groups is 1. The average molecular weight is 583 g/mol. The average Bonchev–Trinajstić information content (AvgIpc) is 2.83. The highest BCUT2D eigenvalue weighted by atomic mass is 79.9. The van der Waals surface area contributed by atoms with Gasteiger partial charge in [-0.15, -0.1) is 11.6 Å². The quantitative estimate of drug-likeness (QED) is 0.337. The summed E-state index contributed by atoms with van der Waals surface area (Å²) in [7, 11) is 1.35. The molecule has 1 aromatic carbocycles. The van der Waals surface area contributed by atoms with E-state index < -0.39 is 38.2 Å². The molecule has 1 saturated heterocycles. The number of aliphatic imine (C=N–C) groups is 1. The van der Waals surface area contributed by atoms with Gasteiger partial charge < -0.3 is 0 Å². The Bertz CT molecular complexity index is 882. The Morgan fingerprint density at radius 2 is 1.61 bits per heavy atom. The lowest BCUT2D eigenvalue weighted by atomic mass is 9.94. The van der Waals surface area contributed by atoms with E-state index in [-0.39, 0.29) is 17.4 Å². The summed E-state index contributed by atoms with van der Waals surface area (Å²) in [5.74, 6) is -1.32. The van der Waals surface area contributed by atoms with Gasteiger partial charge in [0.1, 0.15) is 15.2 Å². The number of nitrogens with zero attached hydrogens (tertiary/aromatic N) is 4. The van der Waals surface area contributed by atoms with Crippen molar-refractivity contribution < 1.29 is 14.0 Å². The van der Waals surface area contributed by atoms with Crippen LogP contribution < -0.4 is 4.90 Å². The lowest BCUT2D eigenvalue weighted by molar-refractivity contribution is -0.119. The first-order chi connectivity index (χ1) is 14.0. The fraction of sp³-hybridized carbons (Fsp3) is 0.571. The Balaban J connectivity index is 2.79. The number of amidine groups is 1. The Kier molecular flexibility index (Phi) is 7.68. The Morgan fingerprint density at radius 3 is 2.06 bits per heavy atom. The zero-order valence-electron chi connectivity index (χ0n) is 18.7. The minimum atomic E-state index is -0.930. The number of halogens is 4. The molecule has 0 spiro atoms. The molecule has 6 nitrogen and oxygen atoms in total. The third-order valence-corrected chi connectivity index (χ3v) is 7.22. The number of amides is 3. The Labute approximate surface area is 205 Å². The summed E-state index contributed by atoms with van der Waals surface area (Å²) in [6.07, 6.45) is -0.725. The Morgan fingerprint density at radius 1 is 1.10 bits per heavy atom. The molecule has 31 heavy (non-hydrogen) atoms. The van der Waals surface area contributed by atoms with Crippen molar-refractivity contribution in [2.75, 3.05) is 17.8 Å². The molecule has 1 heterocycles. The van der Waals surface area contributed by atoms with Gasteiger partial charge in [0.05, 0.1) is 11.6 Å². The van der Waals surface area contributed by atoms with E-state index in [1.807, 2.05) is 41.5 Å². The molecule has 2 rings (SSSR count). The first-order valence-corrected chi connectivity index (χ1v) is 11.8. The molecule has 0 bridgehead atoms. The molecular weight excluding hydrogens is 555 g/mol. The highest BCUT2D eigenvalue weighted by Crippen LogP contribution is 2.42. The second-order valence-corrected chi connectivity index (χ2v) is 13.5. The second kappa shape index (κ2) is 9.08. The van der Waals surface area contributed by atoms with E-state index in [0.717, 1.165) is 9.80 Å². The van der Waals surface area contributed by atoms with Gasteiger partial charge >= 0.3 is 6.03 Å². The van der Waals surface area contributed by atoms with Crippen molar-refractivity contribution >= 4 is 66.9 Å². The van der Waals surface area contributed by atoms with Gasteiger partial charge in [-0.3, -0.25) is 14.6 Å². The van der Waals surface area contributed by atoms with E-state index in [2.05, 4.69) is 36.8 Å². The molecular formula is C21H28Br2ClFN4O2. The zero-order chi connectivity index (χ0) is 23.9. The molecule has 1 unspecified atom stereocenters. The van der Waals surface area contributed by atoms with Crippen LogP contribution in [0, 0.1) is 5.82 Å². The van der Waals surface area contributed by atoms with E-state index >= 15 is 0 Å². The van der Waals surface area contributed by atoms with Crippen molar-refractivity contribution in [3.63, 3.8) is 0 Å². The maximum atomic E-state index is 14.6. The molecule has 10 heteroatoms. The van der Waals surface area contributed by atoms with Gasteiger partial charge in [-0.1, -0.05) is 44.0 Å². The van der Waals surface area contributed by atoms with E-state index in [0.29, 0.717) is 0 Å². The Hall–Kier alpha value is -1.03. The largest absolute Gasteiger partial charge is 0.337 e. The van der Waals surface area contributed by atoms with Gasteiger partial charge in [-0.25, -0.2) is 19.1 Å². The minimum absolute atomic E-state index is 0.0404. The number of alkyl halides is 3. The highest BCUT2D eigenvalue weighted by Gasteiger charge is 2.49. The number of urea groups is 1. The fourth-order valence-electron chi connectivity index (χ4n) is 3.80. The molecule has 1 atom stereocenters. The molecule has 1 fully saturated rings. The summed E-state index contributed by atoms with van der Waals surface area (Å²) in [5, 5.41) is 0. The topological polar surface area (TPSA) is 56.2 Å². The van der Waals surface area contributed by atoms with Crippen molar-refractivity contribution in [2.45, 2.75) is 62.0 Å². The molecule has 0 aromatic heterocycles. The fourth-order valence-corrected chi connectivity index (χ4v) is 4.55. The van der Waals surface area contributed by atoms with E-state index in [1.165, 1.54) is 25.2 Å². The van der Waals surface area contributed by atoms with Crippen LogP contribution in [0.4, 0.5) is 14.9 Å². The van der Waals surface area contributed by atoms with Crippen LogP contribution >= 0.6 is 43.5 Å². The van der Waals surface area contributed by atoms with E-state index in [4.69, 9.17) is 16.6 Å². The number of benzene rings is 1. The molecule has 0 radical (unpaired) electrons. The van der Waals surface area contributed by atoms with Crippen LogP contribution in [0.25, 0.3) is 0 Å². The maximum Gasteiger partial charge on any atom is 0.337 e. The summed E-state index contributed by atoms with van der Waals surface area (Å²) < 4.78 is 13.7. The normalized spacial score (nSPS) is 18.5. The summed E-state index contributed by atoms with van der Waals surface area (Å²) in [4.78, 5) is 34.6. The molecule has 1 aliphatic heterocycles. The van der Waals surface area contributed by atoms with E-state index in [9.17, 15) is 14.0 Å². The summed E-state index contributed by atoms with van der Waals surface area (Å²) in [6.45, 7) is 12.2. The van der Waals surface area contributed by atoms with Gasteiger partial charge in [0, 0.05) is 18.1 Å². The molecule has 0 saturated carbocycles. The van der Waals surface area contributed by atoms with Crippen LogP contribution in [0.2, 0.25) is 0 Å². The van der Waals surface area contributed by atoms with Crippen LogP contribution in [-0.2, 0) is 4.79 Å². The van der Waals surface area contributed by atoms with Gasteiger partial charge in [-0.05, 0) is 53.7 Å². The first-order valence-electron chi connectivity index (χ1n) is 9.71. The SMILES string of the molecule is CN1C(=O)/C(=N\C(N(C(C)(C)C)C(C)(C)C)C(Br)(Br)CCl)N(c2ccccc2F)C1=O. The number of para-hydroxylation sites is 1. The minimum Gasteiger partial charge on any atom is -0.270 e. The predicted molar refractivity (Wildman–Crippen MR) is 131 cm³/mol. The molecule has 0 N–H and O–H groups in total. The van der Waals surface area contributed by atoms with Crippen LogP contribution in [-0.4, -0.2) is 61.0 Å². The zero-order valence-corrected chi connectivity index (χ0v) is 22.6. The maximum absolute atomic E-state index is 14.6. The van der Waals surface area contributed by atoms with Crippen molar-refractivity contribution in [1.29, 1.82) is 0 Å². The van der Waals surface area contributed by atoms with Gasteiger partial charge in [-0.2, -0.15) is 0 Å². The standard InChI is InChI=1S/C21H28Br2ClFN4O2/c1-19(2,3)29(20(4,5)6)17(21(22,23)12-24)26-15-16(30)27(7)18(31)28(15)14-11-9-8-10-13(14)25/h8-11,17H,12H2,1-7H3/b26-15+. The van der Waals surface area contributed by atoms with Crippen molar-refractivity contribution in [3.8, 4) is 0 Å². The number of likely N-dealkylation sites (N-methyl/N-ethyl adjacent to an activating group) is 1. The number of carbonyl (C=O) groups excluding carboxylic acids is 2. The third-order valence-electron chi connectivity index (χ3n) is 4.77. The van der Waals surface area contributed by atoms with Gasteiger partial charge in [0.15, 0.2) is 0 Å². The van der Waals surface area contributed by atoms with Crippen LogP contribution in [0.15, 0.2) is 29.3 Å².